The van der Waals surface area contributed by atoms with Gasteiger partial charge in [0.25, 0.3) is 0 Å². The molecule has 4 nitrogen and oxygen atoms in total. The average Bonchev–Trinajstić information content (AvgIpc) is 3.71. The fourth-order valence-electron chi connectivity index (χ4n) is 9.43. The van der Waals surface area contributed by atoms with E-state index in [0.717, 1.165) is 102 Å². The topological polar surface area (TPSA) is 43.6 Å². The first-order chi connectivity index (χ1) is 31.2. The van der Waals surface area contributed by atoms with Crippen molar-refractivity contribution in [3.63, 3.8) is 0 Å². The predicted octanol–water partition coefficient (Wildman–Crippen LogP) is 15.3. The molecule has 0 saturated carbocycles. The average molecular weight is 805 g/mol. The van der Waals surface area contributed by atoms with Gasteiger partial charge >= 0.3 is 0 Å². The van der Waals surface area contributed by atoms with Crippen molar-refractivity contribution in [1.82, 2.24) is 19.5 Å². The van der Waals surface area contributed by atoms with Crippen molar-refractivity contribution >= 4 is 49.1 Å². The lowest BCUT2D eigenvalue weighted by molar-refractivity contribution is 1.03. The van der Waals surface area contributed by atoms with Crippen molar-refractivity contribution in [2.24, 2.45) is 0 Å². The SMILES string of the molecule is C1=CC(c2nc(-c3ccc(-c4cccc5c4nc(-c4ccccc4)c4c5ccc5c4c4ccccc4n5-c4ccccc4)cc3)cc(-c3cccc(-c4ccccc4)c3)n2)=CCC1. The summed E-state index contributed by atoms with van der Waals surface area (Å²) in [6.45, 7) is 0. The summed E-state index contributed by atoms with van der Waals surface area (Å²) in [5, 5.41) is 5.90. The normalized spacial score (nSPS) is 12.7. The maximum Gasteiger partial charge on any atom is 0.160 e. The summed E-state index contributed by atoms with van der Waals surface area (Å²) in [6, 6.07) is 71.4. The number of pyridine rings is 1. The summed E-state index contributed by atoms with van der Waals surface area (Å²) < 4.78 is 2.38. The van der Waals surface area contributed by atoms with Crippen LogP contribution in [0.4, 0.5) is 0 Å². The summed E-state index contributed by atoms with van der Waals surface area (Å²) >= 11 is 0. The molecule has 0 radical (unpaired) electrons. The van der Waals surface area contributed by atoms with Crippen molar-refractivity contribution in [1.29, 1.82) is 0 Å². The van der Waals surface area contributed by atoms with E-state index in [1.807, 2.05) is 0 Å². The van der Waals surface area contributed by atoms with Crippen molar-refractivity contribution in [2.45, 2.75) is 12.8 Å². The number of hydrogen-bond donors (Lipinski definition) is 0. The smallest absolute Gasteiger partial charge is 0.160 e. The van der Waals surface area contributed by atoms with Crippen molar-refractivity contribution in [3.05, 3.63) is 224 Å². The Morgan fingerprint density at radius 2 is 1.05 bits per heavy atom. The molecule has 0 amide bonds. The largest absolute Gasteiger partial charge is 0.309 e. The van der Waals surface area contributed by atoms with Crippen LogP contribution >= 0.6 is 0 Å². The first kappa shape index (κ1) is 36.6. The number of allylic oxidation sites excluding steroid dienone is 4. The molecule has 0 atom stereocenters. The van der Waals surface area contributed by atoms with Gasteiger partial charge in [-0.2, -0.15) is 0 Å². The molecule has 0 spiro atoms. The van der Waals surface area contributed by atoms with Crippen LogP contribution < -0.4 is 0 Å². The van der Waals surface area contributed by atoms with Gasteiger partial charge in [0.15, 0.2) is 5.82 Å². The minimum Gasteiger partial charge on any atom is -0.309 e. The molecule has 0 unspecified atom stereocenters. The zero-order valence-electron chi connectivity index (χ0n) is 34.5. The monoisotopic (exact) mass is 804 g/mol. The van der Waals surface area contributed by atoms with E-state index in [4.69, 9.17) is 15.0 Å². The molecule has 1 aliphatic carbocycles. The molecule has 8 aromatic carbocycles. The Morgan fingerprint density at radius 1 is 0.397 bits per heavy atom. The van der Waals surface area contributed by atoms with Crippen molar-refractivity contribution in [2.75, 3.05) is 0 Å². The Morgan fingerprint density at radius 3 is 1.83 bits per heavy atom. The predicted molar refractivity (Wildman–Crippen MR) is 263 cm³/mol. The molecular weight excluding hydrogens is 765 g/mol. The van der Waals surface area contributed by atoms with E-state index in [2.05, 4.69) is 223 Å². The second-order valence-corrected chi connectivity index (χ2v) is 16.2. The maximum atomic E-state index is 5.66. The molecule has 296 valence electrons. The fraction of sp³-hybridized carbons (Fsp3) is 0.0339. The summed E-state index contributed by atoms with van der Waals surface area (Å²) in [4.78, 5) is 16.0. The molecule has 3 heterocycles. The Bertz CT molecular complexity index is 3590. The van der Waals surface area contributed by atoms with Crippen molar-refractivity contribution < 1.29 is 0 Å². The molecule has 1 aliphatic rings. The molecule has 0 saturated heterocycles. The molecule has 0 bridgehead atoms. The lowest BCUT2D eigenvalue weighted by Gasteiger charge is -2.15. The van der Waals surface area contributed by atoms with E-state index >= 15 is 0 Å². The minimum absolute atomic E-state index is 0.743. The first-order valence-corrected chi connectivity index (χ1v) is 21.7. The molecule has 11 aromatic rings. The molecule has 0 N–H and O–H groups in total. The standard InChI is InChI=1S/C59H40N4/c1-5-17-39(18-6-1)44-23-15-24-45(37-44)52-38-51(60-59(61-52)43-21-9-3-10-22-43)41-33-31-40(32-34-41)47-28-16-29-49-48-35-36-54-55(56(48)57(62-58(47)49)42-19-7-2-8-20-42)50-27-13-14-30-53(50)63(54)46-25-11-4-12-26-46/h1-2,4-9,11-38H,3,10H2. The minimum atomic E-state index is 0.743. The van der Waals surface area contributed by atoms with Crippen LogP contribution in [0.2, 0.25) is 0 Å². The second-order valence-electron chi connectivity index (χ2n) is 16.2. The van der Waals surface area contributed by atoms with E-state index in [-0.39, 0.29) is 0 Å². The Kier molecular flexibility index (Phi) is 8.93. The molecule has 0 fully saturated rings. The number of nitrogens with zero attached hydrogens (tertiary/aromatic N) is 4. The number of para-hydroxylation sites is 3. The maximum absolute atomic E-state index is 5.66. The van der Waals surface area contributed by atoms with E-state index < -0.39 is 0 Å². The van der Waals surface area contributed by atoms with Gasteiger partial charge in [0.2, 0.25) is 0 Å². The van der Waals surface area contributed by atoms with Crippen LogP contribution in [0.5, 0.6) is 0 Å². The van der Waals surface area contributed by atoms with E-state index in [0.29, 0.717) is 0 Å². The molecule has 63 heavy (non-hydrogen) atoms. The van der Waals surface area contributed by atoms with Gasteiger partial charge in [0.05, 0.1) is 33.6 Å². The highest BCUT2D eigenvalue weighted by Crippen LogP contribution is 2.44. The van der Waals surface area contributed by atoms with Gasteiger partial charge in [-0.1, -0.05) is 182 Å². The van der Waals surface area contributed by atoms with Crippen LogP contribution in [-0.2, 0) is 0 Å². The van der Waals surface area contributed by atoms with E-state index in [1.165, 1.54) is 27.2 Å². The summed E-state index contributed by atoms with van der Waals surface area (Å²) in [5.74, 6) is 0.743. The van der Waals surface area contributed by atoms with Crippen LogP contribution in [-0.4, -0.2) is 19.5 Å². The second kappa shape index (κ2) is 15.4. The molecule has 4 heteroatoms. The van der Waals surface area contributed by atoms with Gasteiger partial charge in [-0.3, -0.25) is 0 Å². The third kappa shape index (κ3) is 6.43. The number of rotatable bonds is 7. The van der Waals surface area contributed by atoms with Crippen LogP contribution in [0.25, 0.3) is 111 Å². The van der Waals surface area contributed by atoms with Crippen LogP contribution in [0, 0.1) is 0 Å². The Balaban J connectivity index is 1.02. The van der Waals surface area contributed by atoms with E-state index in [1.54, 1.807) is 0 Å². The Labute approximate surface area is 365 Å². The third-order valence-electron chi connectivity index (χ3n) is 12.4. The van der Waals surface area contributed by atoms with Crippen LogP contribution in [0.15, 0.2) is 218 Å². The van der Waals surface area contributed by atoms with Crippen LogP contribution in [0.1, 0.15) is 18.7 Å². The van der Waals surface area contributed by atoms with Gasteiger partial charge < -0.3 is 4.57 Å². The lowest BCUT2D eigenvalue weighted by atomic mass is 9.93. The van der Waals surface area contributed by atoms with Crippen molar-refractivity contribution in [3.8, 4) is 61.7 Å². The summed E-state index contributed by atoms with van der Waals surface area (Å²) in [5.41, 5.74) is 16.0. The zero-order chi connectivity index (χ0) is 41.7. The summed E-state index contributed by atoms with van der Waals surface area (Å²) in [7, 11) is 0. The van der Waals surface area contributed by atoms with Gasteiger partial charge in [-0.25, -0.2) is 15.0 Å². The van der Waals surface area contributed by atoms with Gasteiger partial charge in [0.1, 0.15) is 0 Å². The summed E-state index contributed by atoms with van der Waals surface area (Å²) in [6.07, 6.45) is 8.63. The molecule has 0 aliphatic heterocycles. The Hall–Kier alpha value is -8.21. The van der Waals surface area contributed by atoms with E-state index in [9.17, 15) is 0 Å². The molecule has 12 rings (SSSR count). The lowest BCUT2D eigenvalue weighted by Crippen LogP contribution is -2.00. The number of hydrogen-bond acceptors (Lipinski definition) is 3. The fourth-order valence-corrected chi connectivity index (χ4v) is 9.43. The van der Waals surface area contributed by atoms with Crippen LogP contribution in [0.3, 0.4) is 0 Å². The quantitative estimate of drug-likeness (QED) is 0.151. The zero-order valence-corrected chi connectivity index (χ0v) is 34.5. The third-order valence-corrected chi connectivity index (χ3v) is 12.4. The van der Waals surface area contributed by atoms with Gasteiger partial charge in [-0.15, -0.1) is 0 Å². The first-order valence-electron chi connectivity index (χ1n) is 21.7. The number of benzene rings is 8. The highest BCUT2D eigenvalue weighted by molar-refractivity contribution is 6.29. The molecular formula is C59H40N4. The number of fused-ring (bicyclic) bond motifs is 7. The number of aromatic nitrogens is 4. The highest BCUT2D eigenvalue weighted by Gasteiger charge is 2.21. The van der Waals surface area contributed by atoms with Gasteiger partial charge in [0, 0.05) is 55.1 Å². The highest BCUT2D eigenvalue weighted by atomic mass is 15.0. The van der Waals surface area contributed by atoms with Gasteiger partial charge in [-0.05, 0) is 71.3 Å². The molecule has 3 aromatic heterocycles.